The standard InChI is InChI=1S/C8H8Cl2N2.C2H6/c9-7-5-3-1-2-4-6(5)11-8(10)12-7;1-2/h1-4H2;1-2H3. The van der Waals surface area contributed by atoms with Crippen LogP contribution in [-0.4, -0.2) is 9.97 Å². The number of fused-ring (bicyclic) bond motifs is 1. The van der Waals surface area contributed by atoms with Crippen molar-refractivity contribution in [1.29, 1.82) is 0 Å². The molecule has 1 aliphatic rings. The zero-order chi connectivity index (χ0) is 10.6. The third-order valence-electron chi connectivity index (χ3n) is 2.11. The Hall–Kier alpha value is -0.340. The molecular formula is C10H14Cl2N2. The maximum atomic E-state index is 5.91. The molecule has 0 aliphatic heterocycles. The molecule has 1 heterocycles. The summed E-state index contributed by atoms with van der Waals surface area (Å²) in [6.07, 6.45) is 4.33. The van der Waals surface area contributed by atoms with Gasteiger partial charge in [-0.2, -0.15) is 0 Å². The maximum Gasteiger partial charge on any atom is 0.224 e. The van der Waals surface area contributed by atoms with Crippen LogP contribution in [0.4, 0.5) is 0 Å². The van der Waals surface area contributed by atoms with Crippen molar-refractivity contribution in [2.75, 3.05) is 0 Å². The molecule has 0 saturated heterocycles. The molecule has 0 N–H and O–H groups in total. The quantitative estimate of drug-likeness (QED) is 0.504. The van der Waals surface area contributed by atoms with E-state index < -0.39 is 0 Å². The molecule has 0 spiro atoms. The fourth-order valence-corrected chi connectivity index (χ4v) is 2.03. The molecule has 0 saturated carbocycles. The van der Waals surface area contributed by atoms with Crippen LogP contribution in [0, 0.1) is 0 Å². The molecule has 0 unspecified atom stereocenters. The Morgan fingerprint density at radius 1 is 1.00 bits per heavy atom. The lowest BCUT2D eigenvalue weighted by atomic mass is 9.98. The summed E-state index contributed by atoms with van der Waals surface area (Å²) in [5.74, 6) is 0. The SMILES string of the molecule is CC.Clc1nc(Cl)c2c(n1)CCCC2. The predicted octanol–water partition coefficient (Wildman–Crippen LogP) is 3.69. The molecule has 2 rings (SSSR count). The van der Waals surface area contributed by atoms with Crippen molar-refractivity contribution in [3.8, 4) is 0 Å². The van der Waals surface area contributed by atoms with E-state index in [0.717, 1.165) is 24.1 Å². The first kappa shape index (κ1) is 11.7. The molecule has 0 bridgehead atoms. The van der Waals surface area contributed by atoms with Crippen molar-refractivity contribution in [1.82, 2.24) is 9.97 Å². The van der Waals surface area contributed by atoms with Gasteiger partial charge in [0.15, 0.2) is 0 Å². The zero-order valence-electron chi connectivity index (χ0n) is 8.48. The third kappa shape index (κ3) is 2.58. The number of rotatable bonds is 0. The summed E-state index contributed by atoms with van der Waals surface area (Å²) < 4.78 is 0. The van der Waals surface area contributed by atoms with Gasteiger partial charge >= 0.3 is 0 Å². The first-order valence-corrected chi connectivity index (χ1v) is 5.74. The van der Waals surface area contributed by atoms with Crippen LogP contribution >= 0.6 is 23.2 Å². The van der Waals surface area contributed by atoms with E-state index in [1.807, 2.05) is 13.8 Å². The van der Waals surface area contributed by atoms with Gasteiger partial charge < -0.3 is 0 Å². The van der Waals surface area contributed by atoms with E-state index in [4.69, 9.17) is 23.2 Å². The lowest BCUT2D eigenvalue weighted by Crippen LogP contribution is -2.07. The molecule has 0 fully saturated rings. The summed E-state index contributed by atoms with van der Waals surface area (Å²) in [5, 5.41) is 0.797. The molecule has 0 amide bonds. The molecule has 4 heteroatoms. The fourth-order valence-electron chi connectivity index (χ4n) is 1.52. The lowest BCUT2D eigenvalue weighted by Gasteiger charge is -2.14. The van der Waals surface area contributed by atoms with Gasteiger partial charge in [-0.25, -0.2) is 9.97 Å². The molecular weight excluding hydrogens is 219 g/mol. The number of hydrogen-bond acceptors (Lipinski definition) is 2. The zero-order valence-corrected chi connectivity index (χ0v) is 9.99. The largest absolute Gasteiger partial charge is 0.224 e. The normalized spacial score (nSPS) is 14.0. The topological polar surface area (TPSA) is 25.8 Å². The maximum absolute atomic E-state index is 5.91. The van der Waals surface area contributed by atoms with Gasteiger partial charge in [-0.05, 0) is 37.3 Å². The Bertz CT molecular complexity index is 313. The van der Waals surface area contributed by atoms with E-state index in [2.05, 4.69) is 9.97 Å². The Kier molecular flexibility index (Phi) is 4.63. The number of hydrogen-bond donors (Lipinski definition) is 0. The fraction of sp³-hybridized carbons (Fsp3) is 0.600. The molecule has 1 aliphatic carbocycles. The summed E-state index contributed by atoms with van der Waals surface area (Å²) in [5.41, 5.74) is 2.12. The van der Waals surface area contributed by atoms with Crippen LogP contribution in [0.15, 0.2) is 0 Å². The van der Waals surface area contributed by atoms with Crippen molar-refractivity contribution >= 4 is 23.2 Å². The minimum absolute atomic E-state index is 0.264. The molecule has 78 valence electrons. The van der Waals surface area contributed by atoms with Crippen LogP contribution < -0.4 is 0 Å². The van der Waals surface area contributed by atoms with Gasteiger partial charge in [-0.1, -0.05) is 25.4 Å². The second-order valence-corrected chi connectivity index (χ2v) is 3.61. The minimum atomic E-state index is 0.264. The highest BCUT2D eigenvalue weighted by Crippen LogP contribution is 2.25. The van der Waals surface area contributed by atoms with Gasteiger partial charge in [-0.3, -0.25) is 0 Å². The average molecular weight is 233 g/mol. The molecule has 0 atom stereocenters. The van der Waals surface area contributed by atoms with Crippen molar-refractivity contribution < 1.29 is 0 Å². The summed E-state index contributed by atoms with van der Waals surface area (Å²) >= 11 is 11.6. The van der Waals surface area contributed by atoms with Crippen LogP contribution in [0.1, 0.15) is 37.9 Å². The lowest BCUT2D eigenvalue weighted by molar-refractivity contribution is 0.662. The average Bonchev–Trinajstić information content (AvgIpc) is 2.20. The van der Waals surface area contributed by atoms with Gasteiger partial charge in [0, 0.05) is 5.56 Å². The van der Waals surface area contributed by atoms with E-state index in [9.17, 15) is 0 Å². The van der Waals surface area contributed by atoms with Crippen molar-refractivity contribution in [2.45, 2.75) is 39.5 Å². The number of aromatic nitrogens is 2. The summed E-state index contributed by atoms with van der Waals surface area (Å²) in [7, 11) is 0. The van der Waals surface area contributed by atoms with Crippen LogP contribution in [0.25, 0.3) is 0 Å². The summed E-state index contributed by atoms with van der Waals surface area (Å²) in [6.45, 7) is 4.00. The van der Waals surface area contributed by atoms with E-state index in [-0.39, 0.29) is 5.28 Å². The molecule has 0 aromatic carbocycles. The molecule has 0 radical (unpaired) electrons. The van der Waals surface area contributed by atoms with Crippen molar-refractivity contribution in [3.63, 3.8) is 0 Å². The van der Waals surface area contributed by atoms with Crippen LogP contribution in [0.5, 0.6) is 0 Å². The van der Waals surface area contributed by atoms with E-state index in [1.54, 1.807) is 0 Å². The second-order valence-electron chi connectivity index (χ2n) is 2.92. The molecule has 1 aromatic rings. The van der Waals surface area contributed by atoms with E-state index >= 15 is 0 Å². The highest BCUT2D eigenvalue weighted by Gasteiger charge is 2.15. The predicted molar refractivity (Wildman–Crippen MR) is 60.0 cm³/mol. The van der Waals surface area contributed by atoms with Crippen LogP contribution in [-0.2, 0) is 12.8 Å². The Morgan fingerprint density at radius 2 is 1.64 bits per heavy atom. The smallest absolute Gasteiger partial charge is 0.223 e. The first-order chi connectivity index (χ1) is 6.77. The molecule has 1 aromatic heterocycles. The van der Waals surface area contributed by atoms with Gasteiger partial charge in [0.2, 0.25) is 5.28 Å². The number of aryl methyl sites for hydroxylation is 1. The van der Waals surface area contributed by atoms with Gasteiger partial charge in [0.25, 0.3) is 0 Å². The van der Waals surface area contributed by atoms with Gasteiger partial charge in [0.1, 0.15) is 5.15 Å². The number of nitrogens with zero attached hydrogens (tertiary/aromatic N) is 2. The highest BCUT2D eigenvalue weighted by atomic mass is 35.5. The molecule has 14 heavy (non-hydrogen) atoms. The summed E-state index contributed by atoms with van der Waals surface area (Å²) in [6, 6.07) is 0. The van der Waals surface area contributed by atoms with Crippen LogP contribution in [0.2, 0.25) is 10.4 Å². The van der Waals surface area contributed by atoms with Crippen LogP contribution in [0.3, 0.4) is 0 Å². The van der Waals surface area contributed by atoms with Crippen molar-refractivity contribution in [3.05, 3.63) is 21.7 Å². The Morgan fingerprint density at radius 3 is 2.36 bits per heavy atom. The van der Waals surface area contributed by atoms with Crippen molar-refractivity contribution in [2.24, 2.45) is 0 Å². The first-order valence-electron chi connectivity index (χ1n) is 4.98. The van der Waals surface area contributed by atoms with E-state index in [0.29, 0.717) is 5.15 Å². The molecule has 2 nitrogen and oxygen atoms in total. The monoisotopic (exact) mass is 232 g/mol. The second kappa shape index (κ2) is 5.52. The Balaban J connectivity index is 0.000000461. The third-order valence-corrected chi connectivity index (χ3v) is 2.59. The van der Waals surface area contributed by atoms with E-state index in [1.165, 1.54) is 12.8 Å². The van der Waals surface area contributed by atoms with Gasteiger partial charge in [0.05, 0.1) is 5.69 Å². The minimum Gasteiger partial charge on any atom is -0.223 e. The highest BCUT2D eigenvalue weighted by molar-refractivity contribution is 6.32. The summed E-state index contributed by atoms with van der Waals surface area (Å²) in [4.78, 5) is 8.05. The number of halogens is 2. The Labute approximate surface area is 94.7 Å². The van der Waals surface area contributed by atoms with Gasteiger partial charge in [-0.15, -0.1) is 0 Å².